The maximum atomic E-state index is 5.87. The molecule has 0 atom stereocenters. The SMILES string of the molecule is CC1(C)OB(C2CC2)OC1(C)C.CCCCl. The van der Waals surface area contributed by atoms with E-state index in [0.717, 1.165) is 12.3 Å². The Balaban J connectivity index is 0.000000280. The molecule has 2 fully saturated rings. The van der Waals surface area contributed by atoms with Gasteiger partial charge < -0.3 is 9.31 Å². The van der Waals surface area contributed by atoms with Gasteiger partial charge in [-0.05, 0) is 39.9 Å². The van der Waals surface area contributed by atoms with Crippen molar-refractivity contribution in [1.29, 1.82) is 0 Å². The predicted molar refractivity (Wildman–Crippen MR) is 70.1 cm³/mol. The minimum absolute atomic E-state index is 0.0648. The summed E-state index contributed by atoms with van der Waals surface area (Å²) >= 11 is 5.19. The molecular formula is C12H24BClO2. The molecule has 4 heteroatoms. The van der Waals surface area contributed by atoms with E-state index in [1.54, 1.807) is 0 Å². The van der Waals surface area contributed by atoms with Gasteiger partial charge in [-0.3, -0.25) is 0 Å². The first-order valence-corrected chi connectivity index (χ1v) is 6.79. The zero-order chi connectivity index (χ0) is 12.4. The van der Waals surface area contributed by atoms with Crippen molar-refractivity contribution in [1.82, 2.24) is 0 Å². The second kappa shape index (κ2) is 5.28. The molecule has 0 aromatic carbocycles. The van der Waals surface area contributed by atoms with Crippen LogP contribution in [0.1, 0.15) is 53.9 Å². The van der Waals surface area contributed by atoms with E-state index >= 15 is 0 Å². The van der Waals surface area contributed by atoms with Crippen LogP contribution in [0.25, 0.3) is 0 Å². The van der Waals surface area contributed by atoms with E-state index in [1.807, 2.05) is 6.92 Å². The highest BCUT2D eigenvalue weighted by Crippen LogP contribution is 2.48. The van der Waals surface area contributed by atoms with Gasteiger partial charge in [0.25, 0.3) is 0 Å². The normalized spacial score (nSPS) is 26.2. The van der Waals surface area contributed by atoms with Gasteiger partial charge in [-0.2, -0.15) is 0 Å². The first-order valence-electron chi connectivity index (χ1n) is 6.25. The lowest BCUT2D eigenvalue weighted by Crippen LogP contribution is -2.41. The van der Waals surface area contributed by atoms with E-state index in [2.05, 4.69) is 27.7 Å². The summed E-state index contributed by atoms with van der Waals surface area (Å²) in [5, 5.41) is 0. The maximum absolute atomic E-state index is 5.87. The minimum atomic E-state index is -0.139. The molecule has 0 radical (unpaired) electrons. The number of alkyl halides is 1. The molecular weight excluding hydrogens is 222 g/mol. The molecule has 1 saturated carbocycles. The predicted octanol–water partition coefficient (Wildman–Crippen LogP) is 3.88. The van der Waals surface area contributed by atoms with Crippen molar-refractivity contribution in [2.24, 2.45) is 0 Å². The summed E-state index contributed by atoms with van der Waals surface area (Å²) in [5.41, 5.74) is -0.277. The minimum Gasteiger partial charge on any atom is -0.403 e. The fourth-order valence-corrected chi connectivity index (χ4v) is 1.45. The Morgan fingerprint density at radius 2 is 1.50 bits per heavy atom. The van der Waals surface area contributed by atoms with Gasteiger partial charge in [0.15, 0.2) is 0 Å². The molecule has 2 aliphatic rings. The van der Waals surface area contributed by atoms with Crippen LogP contribution in [0, 0.1) is 0 Å². The second-order valence-electron chi connectivity index (χ2n) is 5.65. The van der Waals surface area contributed by atoms with Crippen LogP contribution in [0.4, 0.5) is 0 Å². The molecule has 1 saturated heterocycles. The Labute approximate surface area is 105 Å². The van der Waals surface area contributed by atoms with Crippen molar-refractivity contribution in [3.63, 3.8) is 0 Å². The van der Waals surface area contributed by atoms with Crippen LogP contribution < -0.4 is 0 Å². The van der Waals surface area contributed by atoms with Crippen LogP contribution in [-0.2, 0) is 9.31 Å². The van der Waals surface area contributed by atoms with E-state index in [0.29, 0.717) is 5.82 Å². The molecule has 0 aromatic heterocycles. The monoisotopic (exact) mass is 246 g/mol. The van der Waals surface area contributed by atoms with E-state index in [9.17, 15) is 0 Å². The molecule has 94 valence electrons. The van der Waals surface area contributed by atoms with Crippen LogP contribution >= 0.6 is 11.6 Å². The summed E-state index contributed by atoms with van der Waals surface area (Å²) in [7, 11) is 0.0648. The zero-order valence-corrected chi connectivity index (χ0v) is 11.9. The summed E-state index contributed by atoms with van der Waals surface area (Å²) in [6.45, 7) is 10.5. The zero-order valence-electron chi connectivity index (χ0n) is 11.2. The summed E-state index contributed by atoms with van der Waals surface area (Å²) in [6.07, 6.45) is 3.63. The van der Waals surface area contributed by atoms with Crippen LogP contribution in [0.5, 0.6) is 0 Å². The van der Waals surface area contributed by atoms with Gasteiger partial charge in [0.2, 0.25) is 0 Å². The molecule has 0 N–H and O–H groups in total. The van der Waals surface area contributed by atoms with Crippen molar-refractivity contribution in [2.75, 3.05) is 5.88 Å². The molecule has 16 heavy (non-hydrogen) atoms. The van der Waals surface area contributed by atoms with Crippen molar-refractivity contribution in [3.8, 4) is 0 Å². The Morgan fingerprint density at radius 1 is 1.12 bits per heavy atom. The molecule has 0 unspecified atom stereocenters. The number of rotatable bonds is 2. The third-order valence-electron chi connectivity index (χ3n) is 3.47. The standard InChI is InChI=1S/C9H17BO2.C3H7Cl/c1-8(2)9(3,4)12-10(11-8)7-5-6-7;1-2-3-4/h7H,5-6H2,1-4H3;2-3H2,1H3. The van der Waals surface area contributed by atoms with Gasteiger partial charge in [-0.15, -0.1) is 11.6 Å². The first-order chi connectivity index (χ1) is 7.34. The summed E-state index contributed by atoms with van der Waals surface area (Å²) in [4.78, 5) is 0. The van der Waals surface area contributed by atoms with Gasteiger partial charge >= 0.3 is 7.12 Å². The third-order valence-corrected chi connectivity index (χ3v) is 3.85. The molecule has 0 aromatic rings. The lowest BCUT2D eigenvalue weighted by Gasteiger charge is -2.32. The Morgan fingerprint density at radius 3 is 1.75 bits per heavy atom. The van der Waals surface area contributed by atoms with Crippen molar-refractivity contribution >= 4 is 18.7 Å². The first kappa shape index (κ1) is 14.3. The van der Waals surface area contributed by atoms with Crippen LogP contribution in [0.3, 0.4) is 0 Å². The van der Waals surface area contributed by atoms with E-state index < -0.39 is 0 Å². The smallest absolute Gasteiger partial charge is 0.403 e. The van der Waals surface area contributed by atoms with Gasteiger partial charge in [-0.25, -0.2) is 0 Å². The van der Waals surface area contributed by atoms with Gasteiger partial charge in [-0.1, -0.05) is 19.8 Å². The third kappa shape index (κ3) is 3.38. The Hall–Kier alpha value is 0.275. The lowest BCUT2D eigenvalue weighted by molar-refractivity contribution is 0.00578. The van der Waals surface area contributed by atoms with Gasteiger partial charge in [0.1, 0.15) is 0 Å². The molecule has 1 aliphatic heterocycles. The maximum Gasteiger partial charge on any atom is 0.461 e. The fourth-order valence-electron chi connectivity index (χ4n) is 1.45. The highest BCUT2D eigenvalue weighted by Gasteiger charge is 2.55. The quantitative estimate of drug-likeness (QED) is 0.544. The lowest BCUT2D eigenvalue weighted by atomic mass is 9.82. The Bertz CT molecular complexity index is 209. The summed E-state index contributed by atoms with van der Waals surface area (Å²) in [5.74, 6) is 1.46. The highest BCUT2D eigenvalue weighted by molar-refractivity contribution is 6.48. The molecule has 0 bridgehead atoms. The van der Waals surface area contributed by atoms with E-state index in [4.69, 9.17) is 20.9 Å². The average Bonchev–Trinajstić information content (AvgIpc) is 2.96. The van der Waals surface area contributed by atoms with Crippen LogP contribution in [-0.4, -0.2) is 24.2 Å². The highest BCUT2D eigenvalue weighted by atomic mass is 35.5. The fraction of sp³-hybridized carbons (Fsp3) is 1.00. The summed E-state index contributed by atoms with van der Waals surface area (Å²) < 4.78 is 11.7. The average molecular weight is 247 g/mol. The van der Waals surface area contributed by atoms with Crippen molar-refractivity contribution < 1.29 is 9.31 Å². The Kier molecular flexibility index (Phi) is 4.73. The molecule has 1 heterocycles. The molecule has 2 rings (SSSR count). The van der Waals surface area contributed by atoms with E-state index in [1.165, 1.54) is 12.8 Å². The molecule has 0 spiro atoms. The van der Waals surface area contributed by atoms with E-state index in [-0.39, 0.29) is 18.3 Å². The number of hydrogen-bond donors (Lipinski definition) is 0. The van der Waals surface area contributed by atoms with Crippen LogP contribution in [0.2, 0.25) is 5.82 Å². The molecule has 2 nitrogen and oxygen atoms in total. The van der Waals surface area contributed by atoms with Crippen molar-refractivity contribution in [2.45, 2.75) is 70.9 Å². The summed E-state index contributed by atoms with van der Waals surface area (Å²) in [6, 6.07) is 0. The largest absolute Gasteiger partial charge is 0.461 e. The van der Waals surface area contributed by atoms with Gasteiger partial charge in [0, 0.05) is 5.88 Å². The number of hydrogen-bond acceptors (Lipinski definition) is 2. The molecule has 1 aliphatic carbocycles. The van der Waals surface area contributed by atoms with Gasteiger partial charge in [0.05, 0.1) is 11.2 Å². The number of halogens is 1. The molecule has 0 amide bonds. The van der Waals surface area contributed by atoms with Crippen molar-refractivity contribution in [3.05, 3.63) is 0 Å². The second-order valence-corrected chi connectivity index (χ2v) is 6.03. The van der Waals surface area contributed by atoms with Crippen LogP contribution in [0.15, 0.2) is 0 Å². The topological polar surface area (TPSA) is 18.5 Å².